The first kappa shape index (κ1) is 19.8. The summed E-state index contributed by atoms with van der Waals surface area (Å²) in [5.41, 5.74) is 1.34. The van der Waals surface area contributed by atoms with Gasteiger partial charge in [0.25, 0.3) is 5.91 Å². The van der Waals surface area contributed by atoms with E-state index in [9.17, 15) is 14.4 Å². The Kier molecular flexibility index (Phi) is 5.62. The van der Waals surface area contributed by atoms with Gasteiger partial charge in [-0.25, -0.2) is 0 Å². The van der Waals surface area contributed by atoms with Crippen LogP contribution in [-0.2, 0) is 4.79 Å². The minimum atomic E-state index is -0.233. The van der Waals surface area contributed by atoms with Crippen LogP contribution in [0.4, 0.5) is 5.69 Å². The number of nitrogens with zero attached hydrogens (tertiary/aromatic N) is 3. The van der Waals surface area contributed by atoms with E-state index in [2.05, 4.69) is 10.3 Å². The Hall–Kier alpha value is -3.46. The predicted octanol–water partition coefficient (Wildman–Crippen LogP) is 1.41. The Bertz CT molecular complexity index is 971. The number of Topliss-reactive ketones (excluding diaryl/α,β-unsaturated/α-hetero) is 1. The smallest absolute Gasteiger partial charge is 0.255 e. The fourth-order valence-electron chi connectivity index (χ4n) is 3.51. The molecule has 4 rings (SSSR count). The number of hydrogen-bond donors (Lipinski definition) is 1. The number of fused-ring (bicyclic) bond motifs is 1. The highest BCUT2D eigenvalue weighted by Crippen LogP contribution is 2.37. The fourth-order valence-corrected chi connectivity index (χ4v) is 3.51. The molecule has 2 aliphatic rings. The lowest BCUT2D eigenvalue weighted by Crippen LogP contribution is -2.50. The maximum atomic E-state index is 12.6. The second kappa shape index (κ2) is 8.50. The quantitative estimate of drug-likeness (QED) is 0.744. The average molecular weight is 410 g/mol. The van der Waals surface area contributed by atoms with Gasteiger partial charge in [0, 0.05) is 50.2 Å². The third kappa shape index (κ3) is 4.25. The zero-order valence-corrected chi connectivity index (χ0v) is 16.6. The molecule has 1 fully saturated rings. The lowest BCUT2D eigenvalue weighted by Gasteiger charge is -2.34. The van der Waals surface area contributed by atoms with Gasteiger partial charge in [-0.1, -0.05) is 0 Å². The molecular formula is C21H22N4O5. The Morgan fingerprint density at radius 1 is 1.10 bits per heavy atom. The van der Waals surface area contributed by atoms with Crippen LogP contribution in [0.1, 0.15) is 27.6 Å². The van der Waals surface area contributed by atoms with Crippen LogP contribution in [0, 0.1) is 0 Å². The number of carbonyl (C=O) groups is 3. The van der Waals surface area contributed by atoms with Crippen molar-refractivity contribution in [1.82, 2.24) is 14.8 Å². The van der Waals surface area contributed by atoms with E-state index in [4.69, 9.17) is 9.47 Å². The zero-order chi connectivity index (χ0) is 21.1. The highest BCUT2D eigenvalue weighted by atomic mass is 16.7. The Balaban J connectivity index is 1.34. The number of ketones is 1. The number of amides is 2. The maximum absolute atomic E-state index is 12.6. The van der Waals surface area contributed by atoms with Gasteiger partial charge in [0.05, 0.1) is 17.8 Å². The SMILES string of the molecule is CC(=O)c1cc2c(cc1NC(=O)CN1CCN(C(=O)c3cccnc3)CC1)OCO2. The van der Waals surface area contributed by atoms with Crippen LogP contribution in [-0.4, -0.2) is 71.9 Å². The molecule has 1 aromatic carbocycles. The number of aromatic nitrogens is 1. The van der Waals surface area contributed by atoms with Crippen molar-refractivity contribution >= 4 is 23.3 Å². The Morgan fingerprint density at radius 2 is 1.83 bits per heavy atom. The van der Waals surface area contributed by atoms with E-state index in [-0.39, 0.29) is 30.9 Å². The fraction of sp³-hybridized carbons (Fsp3) is 0.333. The summed E-state index contributed by atoms with van der Waals surface area (Å²) in [6.45, 7) is 3.92. The molecule has 1 aromatic heterocycles. The second-order valence-corrected chi connectivity index (χ2v) is 7.17. The van der Waals surface area contributed by atoms with Crippen molar-refractivity contribution in [3.05, 3.63) is 47.8 Å². The molecule has 2 aliphatic heterocycles. The third-order valence-corrected chi connectivity index (χ3v) is 5.10. The molecule has 9 heteroatoms. The van der Waals surface area contributed by atoms with E-state index in [0.717, 1.165) is 0 Å². The predicted molar refractivity (Wildman–Crippen MR) is 108 cm³/mol. The van der Waals surface area contributed by atoms with Crippen LogP contribution in [0.3, 0.4) is 0 Å². The summed E-state index contributed by atoms with van der Waals surface area (Å²) in [7, 11) is 0. The van der Waals surface area contributed by atoms with Crippen molar-refractivity contribution in [3.63, 3.8) is 0 Å². The first-order valence-corrected chi connectivity index (χ1v) is 9.67. The topological polar surface area (TPSA) is 101 Å². The number of nitrogens with one attached hydrogen (secondary N) is 1. The molecule has 0 unspecified atom stereocenters. The van der Waals surface area contributed by atoms with Crippen molar-refractivity contribution < 1.29 is 23.9 Å². The molecule has 0 aliphatic carbocycles. The van der Waals surface area contributed by atoms with E-state index in [0.29, 0.717) is 54.5 Å². The molecule has 2 aromatic rings. The standard InChI is InChI=1S/C21H22N4O5/c1-14(26)16-9-18-19(30-13-29-18)10-17(16)23-20(27)12-24-5-7-25(8-6-24)21(28)15-3-2-4-22-11-15/h2-4,9-11H,5-8,12-13H2,1H3,(H,23,27). The molecule has 156 valence electrons. The summed E-state index contributed by atoms with van der Waals surface area (Å²) < 4.78 is 10.6. The summed E-state index contributed by atoms with van der Waals surface area (Å²) in [4.78, 5) is 44.7. The van der Waals surface area contributed by atoms with E-state index in [1.54, 1.807) is 41.6 Å². The summed E-state index contributed by atoms with van der Waals surface area (Å²) in [5, 5.41) is 2.80. The van der Waals surface area contributed by atoms with Gasteiger partial charge < -0.3 is 19.7 Å². The van der Waals surface area contributed by atoms with Crippen molar-refractivity contribution in [2.45, 2.75) is 6.92 Å². The minimum Gasteiger partial charge on any atom is -0.454 e. The molecule has 1 N–H and O–H groups in total. The number of anilines is 1. The van der Waals surface area contributed by atoms with Crippen LogP contribution in [0.2, 0.25) is 0 Å². The number of carbonyl (C=O) groups excluding carboxylic acids is 3. The molecule has 0 atom stereocenters. The lowest BCUT2D eigenvalue weighted by molar-refractivity contribution is -0.117. The van der Waals surface area contributed by atoms with Crippen molar-refractivity contribution in [1.29, 1.82) is 0 Å². The van der Waals surface area contributed by atoms with Gasteiger partial charge in [0.2, 0.25) is 12.7 Å². The summed E-state index contributed by atoms with van der Waals surface area (Å²) in [5.74, 6) is 0.527. The number of benzene rings is 1. The molecule has 30 heavy (non-hydrogen) atoms. The monoisotopic (exact) mass is 410 g/mol. The normalized spacial score (nSPS) is 15.7. The Labute approximate surface area is 173 Å². The van der Waals surface area contributed by atoms with E-state index >= 15 is 0 Å². The average Bonchev–Trinajstić information content (AvgIpc) is 3.21. The van der Waals surface area contributed by atoms with Crippen LogP contribution in [0.5, 0.6) is 11.5 Å². The van der Waals surface area contributed by atoms with Crippen molar-refractivity contribution in [3.8, 4) is 11.5 Å². The second-order valence-electron chi connectivity index (χ2n) is 7.17. The number of hydrogen-bond acceptors (Lipinski definition) is 7. The van der Waals surface area contributed by atoms with Crippen LogP contribution in [0.25, 0.3) is 0 Å². The van der Waals surface area contributed by atoms with Gasteiger partial charge in [0.1, 0.15) is 0 Å². The summed E-state index contributed by atoms with van der Waals surface area (Å²) >= 11 is 0. The highest BCUT2D eigenvalue weighted by Gasteiger charge is 2.25. The molecule has 0 spiro atoms. The van der Waals surface area contributed by atoms with E-state index in [1.165, 1.54) is 6.92 Å². The van der Waals surface area contributed by atoms with Gasteiger partial charge in [-0.2, -0.15) is 0 Å². The molecule has 1 saturated heterocycles. The highest BCUT2D eigenvalue weighted by molar-refractivity contribution is 6.05. The van der Waals surface area contributed by atoms with Crippen molar-refractivity contribution in [2.75, 3.05) is 44.8 Å². The van der Waals surface area contributed by atoms with Crippen molar-refractivity contribution in [2.24, 2.45) is 0 Å². The molecule has 0 radical (unpaired) electrons. The molecule has 9 nitrogen and oxygen atoms in total. The third-order valence-electron chi connectivity index (χ3n) is 5.10. The number of ether oxygens (including phenoxy) is 2. The molecule has 2 amide bonds. The minimum absolute atomic E-state index is 0.0568. The summed E-state index contributed by atoms with van der Waals surface area (Å²) in [6, 6.07) is 6.68. The maximum Gasteiger partial charge on any atom is 0.255 e. The van der Waals surface area contributed by atoms with Crippen LogP contribution >= 0.6 is 0 Å². The van der Waals surface area contributed by atoms with E-state index in [1.807, 2.05) is 4.90 Å². The number of piperazine rings is 1. The van der Waals surface area contributed by atoms with Gasteiger partial charge in [0.15, 0.2) is 17.3 Å². The number of pyridine rings is 1. The molecule has 0 saturated carbocycles. The molecule has 3 heterocycles. The Morgan fingerprint density at radius 3 is 2.50 bits per heavy atom. The van der Waals surface area contributed by atoms with Gasteiger partial charge in [-0.3, -0.25) is 24.3 Å². The first-order chi connectivity index (χ1) is 14.5. The summed E-state index contributed by atoms with van der Waals surface area (Å²) in [6.07, 6.45) is 3.19. The first-order valence-electron chi connectivity index (χ1n) is 9.67. The molecular weight excluding hydrogens is 388 g/mol. The van der Waals surface area contributed by atoms with Gasteiger partial charge in [-0.05, 0) is 25.1 Å². The van der Waals surface area contributed by atoms with Gasteiger partial charge in [-0.15, -0.1) is 0 Å². The lowest BCUT2D eigenvalue weighted by atomic mass is 10.1. The largest absolute Gasteiger partial charge is 0.454 e. The molecule has 0 bridgehead atoms. The number of rotatable bonds is 5. The van der Waals surface area contributed by atoms with Gasteiger partial charge >= 0.3 is 0 Å². The van der Waals surface area contributed by atoms with Crippen LogP contribution < -0.4 is 14.8 Å². The zero-order valence-electron chi connectivity index (χ0n) is 16.6. The van der Waals surface area contributed by atoms with E-state index < -0.39 is 0 Å². The van der Waals surface area contributed by atoms with Crippen LogP contribution in [0.15, 0.2) is 36.7 Å².